The van der Waals surface area contributed by atoms with Crippen molar-refractivity contribution in [2.75, 3.05) is 12.0 Å². The van der Waals surface area contributed by atoms with E-state index in [-0.39, 0.29) is 12.2 Å². The fraction of sp³-hybridized carbons (Fsp3) is 0.500. The van der Waals surface area contributed by atoms with Crippen LogP contribution in [-0.4, -0.2) is 37.5 Å². The summed E-state index contributed by atoms with van der Waals surface area (Å²) >= 11 is 0. The van der Waals surface area contributed by atoms with Crippen molar-refractivity contribution in [3.63, 3.8) is 0 Å². The predicted molar refractivity (Wildman–Crippen MR) is 78.5 cm³/mol. The van der Waals surface area contributed by atoms with Crippen molar-refractivity contribution in [3.05, 3.63) is 35.4 Å². The zero-order valence-corrected chi connectivity index (χ0v) is 12.8. The van der Waals surface area contributed by atoms with E-state index < -0.39 is 27.3 Å². The molecule has 0 radical (unpaired) electrons. The Hall–Kier alpha value is -1.40. The van der Waals surface area contributed by atoms with E-state index in [1.54, 1.807) is 12.1 Å². The quantitative estimate of drug-likeness (QED) is 0.815. The molecule has 0 aromatic heterocycles. The van der Waals surface area contributed by atoms with E-state index in [0.29, 0.717) is 0 Å². The van der Waals surface area contributed by atoms with E-state index in [1.165, 1.54) is 6.26 Å². The Morgan fingerprint density at radius 2 is 1.80 bits per heavy atom. The topological polar surface area (TPSA) is 97.5 Å². The largest absolute Gasteiger partial charge is 0.480 e. The number of benzene rings is 1. The highest BCUT2D eigenvalue weighted by Gasteiger charge is 2.25. The van der Waals surface area contributed by atoms with E-state index in [1.807, 2.05) is 26.0 Å². The number of hydrogen-bond donors (Lipinski definition) is 2. The Labute approximate surface area is 119 Å². The third-order valence-corrected chi connectivity index (χ3v) is 4.38. The van der Waals surface area contributed by atoms with Gasteiger partial charge in [-0.05, 0) is 17.5 Å². The van der Waals surface area contributed by atoms with E-state index in [4.69, 9.17) is 10.8 Å². The number of nitrogens with two attached hydrogens (primary N) is 1. The van der Waals surface area contributed by atoms with Gasteiger partial charge in [-0.3, -0.25) is 4.79 Å². The minimum Gasteiger partial charge on any atom is -0.480 e. The Morgan fingerprint density at radius 1 is 1.30 bits per heavy atom. The molecule has 0 spiro atoms. The molecule has 1 aromatic rings. The van der Waals surface area contributed by atoms with Crippen LogP contribution in [0, 0.1) is 0 Å². The van der Waals surface area contributed by atoms with Gasteiger partial charge in [0.15, 0.2) is 0 Å². The molecule has 1 unspecified atom stereocenters. The van der Waals surface area contributed by atoms with E-state index in [9.17, 15) is 13.2 Å². The summed E-state index contributed by atoms with van der Waals surface area (Å²) in [4.78, 5) is 10.7. The minimum atomic E-state index is -3.07. The van der Waals surface area contributed by atoms with Crippen molar-refractivity contribution in [1.82, 2.24) is 0 Å². The third kappa shape index (κ3) is 4.94. The molecule has 0 saturated heterocycles. The van der Waals surface area contributed by atoms with Gasteiger partial charge >= 0.3 is 5.97 Å². The van der Waals surface area contributed by atoms with Crippen LogP contribution < -0.4 is 5.73 Å². The summed E-state index contributed by atoms with van der Waals surface area (Å²) in [5.74, 6) is -0.972. The van der Waals surface area contributed by atoms with Gasteiger partial charge in [0, 0.05) is 11.7 Å². The van der Waals surface area contributed by atoms with Crippen LogP contribution in [0.3, 0.4) is 0 Å². The van der Waals surface area contributed by atoms with Crippen LogP contribution in [0.4, 0.5) is 0 Å². The molecular weight excluding hydrogens is 278 g/mol. The highest BCUT2D eigenvalue weighted by molar-refractivity contribution is 7.90. The third-order valence-electron chi connectivity index (χ3n) is 3.13. The van der Waals surface area contributed by atoms with Crippen molar-refractivity contribution >= 4 is 15.8 Å². The van der Waals surface area contributed by atoms with Gasteiger partial charge in [0.1, 0.15) is 15.9 Å². The molecule has 3 N–H and O–H groups in total. The predicted octanol–water partition coefficient (Wildman–Crippen LogP) is 0.963. The van der Waals surface area contributed by atoms with Gasteiger partial charge < -0.3 is 10.8 Å². The summed E-state index contributed by atoms with van der Waals surface area (Å²) in [5, 5.41) is 8.76. The fourth-order valence-corrected chi connectivity index (χ4v) is 3.65. The Bertz CT molecular complexity index is 576. The first-order valence-corrected chi connectivity index (χ1v) is 8.33. The van der Waals surface area contributed by atoms with Gasteiger partial charge in [-0.15, -0.1) is 0 Å². The lowest BCUT2D eigenvalue weighted by Gasteiger charge is -2.24. The van der Waals surface area contributed by atoms with Crippen LogP contribution in [0.5, 0.6) is 0 Å². The Balaban J connectivity index is 2.88. The zero-order chi connectivity index (χ0) is 15.6. The molecule has 0 aliphatic rings. The number of rotatable bonds is 6. The summed E-state index contributed by atoms with van der Waals surface area (Å²) in [6.45, 7) is 3.73. The first-order valence-electron chi connectivity index (χ1n) is 6.27. The van der Waals surface area contributed by atoms with Crippen molar-refractivity contribution in [2.45, 2.75) is 31.7 Å². The molecule has 0 aliphatic heterocycles. The number of carboxylic acids is 1. The molecule has 0 heterocycles. The van der Waals surface area contributed by atoms with E-state index in [2.05, 4.69) is 0 Å². The summed E-state index contributed by atoms with van der Waals surface area (Å²) in [6.07, 6.45) is 1.47. The molecule has 112 valence electrons. The zero-order valence-electron chi connectivity index (χ0n) is 12.0. The molecule has 1 aromatic carbocycles. The molecule has 1 rings (SSSR count). The van der Waals surface area contributed by atoms with Crippen molar-refractivity contribution in [2.24, 2.45) is 5.73 Å². The van der Waals surface area contributed by atoms with Crippen molar-refractivity contribution < 1.29 is 18.3 Å². The van der Waals surface area contributed by atoms with Crippen LogP contribution in [-0.2, 0) is 26.5 Å². The highest BCUT2D eigenvalue weighted by atomic mass is 32.2. The lowest BCUT2D eigenvalue weighted by atomic mass is 9.86. The lowest BCUT2D eigenvalue weighted by molar-refractivity contribution is -0.138. The summed E-state index contributed by atoms with van der Waals surface area (Å²) in [5.41, 5.74) is 6.71. The maximum Gasteiger partial charge on any atom is 0.320 e. The molecular formula is C14H21NO4S. The first-order chi connectivity index (χ1) is 9.01. The molecule has 0 saturated carbocycles. The van der Waals surface area contributed by atoms with Crippen LogP contribution in [0.25, 0.3) is 0 Å². The normalized spacial score (nSPS) is 14.0. The summed E-state index contributed by atoms with van der Waals surface area (Å²) in [6, 6.07) is 6.32. The van der Waals surface area contributed by atoms with Crippen LogP contribution in [0.15, 0.2) is 24.3 Å². The van der Waals surface area contributed by atoms with Gasteiger partial charge in [-0.1, -0.05) is 38.1 Å². The number of sulfone groups is 1. The molecule has 0 amide bonds. The second kappa shape index (κ2) is 5.93. The standard InChI is InChI=1S/C14H21NO4S/c1-14(2,9-20(3,18)19)11-6-4-10(5-7-11)8-12(15)13(16)17/h4-7,12H,8-9,15H2,1-3H3,(H,16,17). The van der Waals surface area contributed by atoms with Crippen LogP contribution in [0.2, 0.25) is 0 Å². The van der Waals surface area contributed by atoms with Crippen LogP contribution in [0.1, 0.15) is 25.0 Å². The van der Waals surface area contributed by atoms with Crippen molar-refractivity contribution in [1.29, 1.82) is 0 Å². The minimum absolute atomic E-state index is 0.0635. The van der Waals surface area contributed by atoms with Gasteiger partial charge in [0.25, 0.3) is 0 Å². The van der Waals surface area contributed by atoms with Gasteiger partial charge in [-0.25, -0.2) is 8.42 Å². The summed E-state index contributed by atoms with van der Waals surface area (Å²) in [7, 11) is -3.07. The van der Waals surface area contributed by atoms with E-state index in [0.717, 1.165) is 11.1 Å². The molecule has 0 aliphatic carbocycles. The monoisotopic (exact) mass is 299 g/mol. The SMILES string of the molecule is CC(C)(CS(C)(=O)=O)c1ccc(CC(N)C(=O)O)cc1. The number of carbonyl (C=O) groups is 1. The lowest BCUT2D eigenvalue weighted by Crippen LogP contribution is -2.32. The Kier molecular flexibility index (Phi) is 4.94. The maximum atomic E-state index is 11.4. The average Bonchev–Trinajstić information content (AvgIpc) is 2.26. The second-order valence-electron chi connectivity index (χ2n) is 5.80. The van der Waals surface area contributed by atoms with Crippen molar-refractivity contribution in [3.8, 4) is 0 Å². The van der Waals surface area contributed by atoms with E-state index >= 15 is 0 Å². The fourth-order valence-electron chi connectivity index (χ4n) is 2.17. The Morgan fingerprint density at radius 3 is 2.20 bits per heavy atom. The van der Waals surface area contributed by atoms with Gasteiger partial charge in [0.05, 0.1) is 5.75 Å². The second-order valence-corrected chi connectivity index (χ2v) is 7.94. The molecule has 20 heavy (non-hydrogen) atoms. The maximum absolute atomic E-state index is 11.4. The molecule has 0 bridgehead atoms. The highest BCUT2D eigenvalue weighted by Crippen LogP contribution is 2.25. The number of hydrogen-bond acceptors (Lipinski definition) is 4. The summed E-state index contributed by atoms with van der Waals surface area (Å²) < 4.78 is 22.9. The molecule has 1 atom stereocenters. The smallest absolute Gasteiger partial charge is 0.320 e. The molecule has 6 heteroatoms. The average molecular weight is 299 g/mol. The number of carboxylic acid groups (broad SMARTS) is 1. The molecule has 5 nitrogen and oxygen atoms in total. The number of aliphatic carboxylic acids is 1. The van der Waals surface area contributed by atoms with Crippen LogP contribution >= 0.6 is 0 Å². The molecule has 0 fully saturated rings. The first kappa shape index (κ1) is 16.7. The van der Waals surface area contributed by atoms with Gasteiger partial charge in [-0.2, -0.15) is 0 Å². The van der Waals surface area contributed by atoms with Gasteiger partial charge in [0.2, 0.25) is 0 Å².